The quantitative estimate of drug-likeness (QED) is 0.574. The third-order valence-electron chi connectivity index (χ3n) is 1.30. The van der Waals surface area contributed by atoms with E-state index in [0.29, 0.717) is 6.42 Å². The van der Waals surface area contributed by atoms with Crippen LogP contribution in [-0.2, 0) is 4.74 Å². The molecule has 9 heavy (non-hydrogen) atoms. The minimum absolute atomic E-state index is 0.213. The van der Waals surface area contributed by atoms with Crippen LogP contribution < -0.4 is 0 Å². The van der Waals surface area contributed by atoms with Gasteiger partial charge in [-0.1, -0.05) is 13.0 Å². The summed E-state index contributed by atoms with van der Waals surface area (Å²) in [5, 5.41) is 9.12. The molecule has 0 saturated heterocycles. The first kappa shape index (κ1) is 8.66. The van der Waals surface area contributed by atoms with E-state index in [1.807, 2.05) is 6.92 Å². The maximum absolute atomic E-state index is 9.12. The molecule has 0 aliphatic heterocycles. The summed E-state index contributed by atoms with van der Waals surface area (Å²) in [5.74, 6) is 0. The average molecular weight is 130 g/mol. The Bertz CT molecular complexity index is 81.0. The fraction of sp³-hybridized carbons (Fsp3) is 0.714. The van der Waals surface area contributed by atoms with Crippen molar-refractivity contribution in [3.8, 4) is 0 Å². The summed E-state index contributed by atoms with van der Waals surface area (Å²) < 4.78 is 4.88. The molecule has 0 rings (SSSR count). The Morgan fingerprint density at radius 1 is 1.78 bits per heavy atom. The highest BCUT2D eigenvalue weighted by Crippen LogP contribution is 2.02. The van der Waals surface area contributed by atoms with E-state index < -0.39 is 6.10 Å². The highest BCUT2D eigenvalue weighted by atomic mass is 16.5. The Kier molecular flexibility index (Phi) is 4.36. The van der Waals surface area contributed by atoms with E-state index in [1.165, 1.54) is 0 Å². The van der Waals surface area contributed by atoms with Gasteiger partial charge in [-0.25, -0.2) is 0 Å². The Morgan fingerprint density at radius 3 is 2.44 bits per heavy atom. The van der Waals surface area contributed by atoms with Crippen LogP contribution in [0.3, 0.4) is 0 Å². The summed E-state index contributed by atoms with van der Waals surface area (Å²) >= 11 is 0. The van der Waals surface area contributed by atoms with Crippen LogP contribution in [0.5, 0.6) is 0 Å². The summed E-state index contributed by atoms with van der Waals surface area (Å²) in [6.45, 7) is 5.42. The van der Waals surface area contributed by atoms with Gasteiger partial charge in [0, 0.05) is 7.11 Å². The van der Waals surface area contributed by atoms with Crippen LogP contribution in [0.1, 0.15) is 13.3 Å². The van der Waals surface area contributed by atoms with E-state index in [4.69, 9.17) is 9.84 Å². The zero-order chi connectivity index (χ0) is 7.28. The molecule has 0 radical (unpaired) electrons. The molecular weight excluding hydrogens is 116 g/mol. The van der Waals surface area contributed by atoms with Crippen LogP contribution in [0.25, 0.3) is 0 Å². The first-order chi connectivity index (χ1) is 4.26. The average Bonchev–Trinajstić information content (AvgIpc) is 1.90. The molecule has 1 N–H and O–H groups in total. The number of rotatable bonds is 4. The number of methoxy groups -OCH3 is 1. The highest BCUT2D eigenvalue weighted by Gasteiger charge is 2.11. The predicted molar refractivity (Wildman–Crippen MR) is 37.3 cm³/mol. The second-order valence-corrected chi connectivity index (χ2v) is 1.91. The van der Waals surface area contributed by atoms with Crippen LogP contribution in [-0.4, -0.2) is 24.4 Å². The van der Waals surface area contributed by atoms with E-state index in [2.05, 4.69) is 6.58 Å². The molecule has 2 nitrogen and oxygen atoms in total. The van der Waals surface area contributed by atoms with Crippen molar-refractivity contribution in [1.29, 1.82) is 0 Å². The smallest absolute Gasteiger partial charge is 0.101 e. The molecule has 0 aromatic rings. The van der Waals surface area contributed by atoms with Crippen molar-refractivity contribution in [3.05, 3.63) is 12.7 Å². The van der Waals surface area contributed by atoms with Crippen molar-refractivity contribution in [2.24, 2.45) is 0 Å². The molecule has 0 spiro atoms. The molecule has 0 heterocycles. The van der Waals surface area contributed by atoms with E-state index in [-0.39, 0.29) is 6.10 Å². The Morgan fingerprint density at radius 2 is 2.33 bits per heavy atom. The molecule has 2 heteroatoms. The van der Waals surface area contributed by atoms with Crippen molar-refractivity contribution >= 4 is 0 Å². The predicted octanol–water partition coefficient (Wildman–Crippen LogP) is 0.958. The maximum Gasteiger partial charge on any atom is 0.101 e. The monoisotopic (exact) mass is 130 g/mol. The van der Waals surface area contributed by atoms with Gasteiger partial charge in [0.2, 0.25) is 0 Å². The molecule has 0 fully saturated rings. The third kappa shape index (κ3) is 2.63. The van der Waals surface area contributed by atoms with Crippen LogP contribution in [0.2, 0.25) is 0 Å². The molecule has 0 aromatic heterocycles. The van der Waals surface area contributed by atoms with E-state index in [0.717, 1.165) is 0 Å². The van der Waals surface area contributed by atoms with Gasteiger partial charge in [-0.05, 0) is 6.42 Å². The van der Waals surface area contributed by atoms with Gasteiger partial charge < -0.3 is 9.84 Å². The third-order valence-corrected chi connectivity index (χ3v) is 1.30. The van der Waals surface area contributed by atoms with Gasteiger partial charge >= 0.3 is 0 Å². The summed E-state index contributed by atoms with van der Waals surface area (Å²) in [5.41, 5.74) is 0. The fourth-order valence-electron chi connectivity index (χ4n) is 0.643. The first-order valence-electron chi connectivity index (χ1n) is 3.09. The normalized spacial score (nSPS) is 16.8. The van der Waals surface area contributed by atoms with Crippen LogP contribution >= 0.6 is 0 Å². The van der Waals surface area contributed by atoms with E-state index in [9.17, 15) is 0 Å². The number of hydrogen-bond donors (Lipinski definition) is 1. The first-order valence-corrected chi connectivity index (χ1v) is 3.09. The number of aliphatic hydroxyl groups is 1. The van der Waals surface area contributed by atoms with Gasteiger partial charge in [-0.15, -0.1) is 6.58 Å². The van der Waals surface area contributed by atoms with E-state index in [1.54, 1.807) is 13.2 Å². The Hall–Kier alpha value is -0.340. The van der Waals surface area contributed by atoms with Crippen molar-refractivity contribution < 1.29 is 9.84 Å². The van der Waals surface area contributed by atoms with Crippen molar-refractivity contribution in [2.45, 2.75) is 25.6 Å². The van der Waals surface area contributed by atoms with Crippen LogP contribution in [0.15, 0.2) is 12.7 Å². The van der Waals surface area contributed by atoms with Gasteiger partial charge in [0.05, 0.1) is 6.10 Å². The van der Waals surface area contributed by atoms with Gasteiger partial charge in [0.15, 0.2) is 0 Å². The second kappa shape index (κ2) is 4.53. The van der Waals surface area contributed by atoms with Crippen molar-refractivity contribution in [3.63, 3.8) is 0 Å². The summed E-state index contributed by atoms with van der Waals surface area (Å²) in [4.78, 5) is 0. The number of ether oxygens (including phenoxy) is 1. The lowest BCUT2D eigenvalue weighted by molar-refractivity contribution is 0.0156. The van der Waals surface area contributed by atoms with Gasteiger partial charge in [-0.3, -0.25) is 0 Å². The van der Waals surface area contributed by atoms with Gasteiger partial charge in [0.25, 0.3) is 0 Å². The number of aliphatic hydroxyl groups excluding tert-OH is 1. The molecule has 0 aromatic carbocycles. The van der Waals surface area contributed by atoms with Crippen LogP contribution in [0, 0.1) is 0 Å². The topological polar surface area (TPSA) is 29.5 Å². The standard InChI is InChI=1S/C7H14O2/c1-4-6(8)7(5-2)9-3/h5-8H,2,4H2,1,3H3. The Balaban J connectivity index is 3.63. The lowest BCUT2D eigenvalue weighted by Crippen LogP contribution is -2.24. The molecule has 2 atom stereocenters. The second-order valence-electron chi connectivity index (χ2n) is 1.91. The van der Waals surface area contributed by atoms with E-state index >= 15 is 0 Å². The SMILES string of the molecule is C=CC(OC)C(O)CC. The molecule has 0 aliphatic rings. The summed E-state index contributed by atoms with van der Waals surface area (Å²) in [7, 11) is 1.56. The zero-order valence-electron chi connectivity index (χ0n) is 6.00. The minimum atomic E-state index is -0.410. The van der Waals surface area contributed by atoms with Crippen molar-refractivity contribution in [1.82, 2.24) is 0 Å². The van der Waals surface area contributed by atoms with Crippen molar-refractivity contribution in [2.75, 3.05) is 7.11 Å². The molecular formula is C7H14O2. The molecule has 0 bridgehead atoms. The summed E-state index contributed by atoms with van der Waals surface area (Å²) in [6, 6.07) is 0. The Labute approximate surface area is 56.1 Å². The molecule has 54 valence electrons. The maximum atomic E-state index is 9.12. The molecule has 0 amide bonds. The lowest BCUT2D eigenvalue weighted by atomic mass is 10.1. The highest BCUT2D eigenvalue weighted by molar-refractivity contribution is 4.84. The zero-order valence-corrected chi connectivity index (χ0v) is 6.00. The molecule has 2 unspecified atom stereocenters. The largest absolute Gasteiger partial charge is 0.390 e. The van der Waals surface area contributed by atoms with Gasteiger partial charge in [0.1, 0.15) is 6.10 Å². The van der Waals surface area contributed by atoms with Crippen LogP contribution in [0.4, 0.5) is 0 Å². The minimum Gasteiger partial charge on any atom is -0.390 e. The molecule has 0 saturated carbocycles. The van der Waals surface area contributed by atoms with Gasteiger partial charge in [-0.2, -0.15) is 0 Å². The molecule has 0 aliphatic carbocycles. The summed E-state index contributed by atoms with van der Waals surface area (Å²) in [6.07, 6.45) is 1.68. The number of hydrogen-bond acceptors (Lipinski definition) is 2. The fourth-order valence-corrected chi connectivity index (χ4v) is 0.643. The lowest BCUT2D eigenvalue weighted by Gasteiger charge is -2.15.